The number of carboxylic acids is 1. The fourth-order valence-corrected chi connectivity index (χ4v) is 2.35. The van der Waals surface area contributed by atoms with Crippen molar-refractivity contribution in [1.82, 2.24) is 5.32 Å². The lowest BCUT2D eigenvalue weighted by Crippen LogP contribution is -2.41. The summed E-state index contributed by atoms with van der Waals surface area (Å²) in [6.45, 7) is 0.581. The maximum absolute atomic E-state index is 11.0. The molecular weight excluding hydrogens is 254 g/mol. The molecule has 4 nitrogen and oxygen atoms in total. The van der Waals surface area contributed by atoms with Crippen LogP contribution >= 0.6 is 0 Å². The van der Waals surface area contributed by atoms with E-state index in [2.05, 4.69) is 5.32 Å². The molecule has 0 spiro atoms. The minimum absolute atomic E-state index is 0.483. The van der Waals surface area contributed by atoms with Gasteiger partial charge in [0.25, 0.3) is 0 Å². The summed E-state index contributed by atoms with van der Waals surface area (Å²) in [7, 11) is 0. The van der Waals surface area contributed by atoms with Gasteiger partial charge in [-0.2, -0.15) is 0 Å². The van der Waals surface area contributed by atoms with Gasteiger partial charge >= 0.3 is 5.97 Å². The van der Waals surface area contributed by atoms with E-state index in [1.165, 1.54) is 0 Å². The van der Waals surface area contributed by atoms with Crippen LogP contribution in [0.3, 0.4) is 0 Å². The van der Waals surface area contributed by atoms with Gasteiger partial charge in [0.05, 0.1) is 0 Å². The van der Waals surface area contributed by atoms with Crippen molar-refractivity contribution in [2.75, 3.05) is 0 Å². The van der Waals surface area contributed by atoms with E-state index in [1.807, 2.05) is 48.5 Å². The second kappa shape index (κ2) is 5.35. The number of nitrogens with one attached hydrogen (secondary N) is 1. The zero-order chi connectivity index (χ0) is 13.9. The van der Waals surface area contributed by atoms with Crippen LogP contribution in [-0.2, 0) is 17.8 Å². The van der Waals surface area contributed by atoms with E-state index in [1.54, 1.807) is 0 Å². The Bertz CT molecular complexity index is 625. The molecule has 0 amide bonds. The second-order valence-corrected chi connectivity index (χ2v) is 4.82. The van der Waals surface area contributed by atoms with Crippen LogP contribution in [0.5, 0.6) is 11.5 Å². The Morgan fingerprint density at radius 1 is 1.10 bits per heavy atom. The molecule has 1 heterocycles. The van der Waals surface area contributed by atoms with Gasteiger partial charge in [-0.1, -0.05) is 24.3 Å². The Balaban J connectivity index is 1.82. The Kier molecular flexibility index (Phi) is 3.39. The predicted molar refractivity (Wildman–Crippen MR) is 74.9 cm³/mol. The van der Waals surface area contributed by atoms with E-state index >= 15 is 0 Å². The van der Waals surface area contributed by atoms with Crippen molar-refractivity contribution in [3.8, 4) is 11.5 Å². The topological polar surface area (TPSA) is 58.6 Å². The number of carbonyl (C=O) groups is 1. The molecule has 0 aromatic heterocycles. The summed E-state index contributed by atoms with van der Waals surface area (Å²) in [6, 6.07) is 14.8. The van der Waals surface area contributed by atoms with Gasteiger partial charge in [-0.05, 0) is 41.8 Å². The highest BCUT2D eigenvalue weighted by Gasteiger charge is 2.23. The van der Waals surface area contributed by atoms with Crippen molar-refractivity contribution in [1.29, 1.82) is 0 Å². The molecular formula is C16H15NO3. The van der Waals surface area contributed by atoms with Crippen molar-refractivity contribution in [2.24, 2.45) is 0 Å². The Hall–Kier alpha value is -2.33. The lowest BCUT2D eigenvalue weighted by atomic mass is 9.95. The molecule has 0 fully saturated rings. The maximum Gasteiger partial charge on any atom is 0.321 e. The summed E-state index contributed by atoms with van der Waals surface area (Å²) in [5.74, 6) is 0.696. The number of fused-ring (bicyclic) bond motifs is 1. The Labute approximate surface area is 117 Å². The van der Waals surface area contributed by atoms with Crippen molar-refractivity contribution in [3.63, 3.8) is 0 Å². The first-order valence-electron chi connectivity index (χ1n) is 6.53. The van der Waals surface area contributed by atoms with Gasteiger partial charge in [0.15, 0.2) is 0 Å². The molecule has 20 heavy (non-hydrogen) atoms. The molecule has 2 aromatic carbocycles. The van der Waals surface area contributed by atoms with Gasteiger partial charge in [0.2, 0.25) is 0 Å². The molecule has 0 bridgehead atoms. The molecule has 1 aliphatic heterocycles. The summed E-state index contributed by atoms with van der Waals surface area (Å²) in [6.07, 6.45) is 0.483. The minimum Gasteiger partial charge on any atom is -0.480 e. The number of benzene rings is 2. The highest BCUT2D eigenvalue weighted by atomic mass is 16.5. The molecule has 2 N–H and O–H groups in total. The summed E-state index contributed by atoms with van der Waals surface area (Å²) < 4.78 is 5.77. The standard InChI is InChI=1S/C16H15NO3/c18-16(19)15-9-12-8-14(7-6-11(12)10-17-15)20-13-4-2-1-3-5-13/h1-8,15,17H,9-10H2,(H,18,19). The van der Waals surface area contributed by atoms with Gasteiger partial charge in [0, 0.05) is 6.54 Å². The average Bonchev–Trinajstić information content (AvgIpc) is 2.47. The van der Waals surface area contributed by atoms with Crippen LogP contribution in [0.15, 0.2) is 48.5 Å². The highest BCUT2D eigenvalue weighted by Crippen LogP contribution is 2.26. The van der Waals surface area contributed by atoms with E-state index in [-0.39, 0.29) is 0 Å². The number of aliphatic carboxylic acids is 1. The van der Waals surface area contributed by atoms with Crippen molar-refractivity contribution < 1.29 is 14.6 Å². The van der Waals surface area contributed by atoms with Crippen molar-refractivity contribution in [3.05, 3.63) is 59.7 Å². The summed E-state index contributed by atoms with van der Waals surface area (Å²) >= 11 is 0. The molecule has 0 saturated carbocycles. The van der Waals surface area contributed by atoms with Gasteiger partial charge in [0.1, 0.15) is 17.5 Å². The van der Waals surface area contributed by atoms with Gasteiger partial charge in [-0.25, -0.2) is 0 Å². The van der Waals surface area contributed by atoms with E-state index in [4.69, 9.17) is 9.84 Å². The van der Waals surface area contributed by atoms with Crippen LogP contribution in [0.4, 0.5) is 0 Å². The number of rotatable bonds is 3. The fourth-order valence-electron chi connectivity index (χ4n) is 2.35. The third-order valence-corrected chi connectivity index (χ3v) is 3.42. The SMILES string of the molecule is O=C(O)C1Cc2cc(Oc3ccccc3)ccc2CN1. The first kappa shape index (κ1) is 12.7. The quantitative estimate of drug-likeness (QED) is 0.899. The Morgan fingerprint density at radius 2 is 1.90 bits per heavy atom. The molecule has 0 aliphatic carbocycles. The molecule has 1 aliphatic rings. The van der Waals surface area contributed by atoms with E-state index in [0.29, 0.717) is 13.0 Å². The largest absolute Gasteiger partial charge is 0.480 e. The molecule has 102 valence electrons. The van der Waals surface area contributed by atoms with Gasteiger partial charge < -0.3 is 15.2 Å². The minimum atomic E-state index is -0.815. The molecule has 4 heteroatoms. The normalized spacial score (nSPS) is 17.3. The molecule has 1 unspecified atom stereocenters. The van der Waals surface area contributed by atoms with Crippen molar-refractivity contribution in [2.45, 2.75) is 19.0 Å². The molecule has 0 radical (unpaired) electrons. The zero-order valence-electron chi connectivity index (χ0n) is 10.9. The smallest absolute Gasteiger partial charge is 0.321 e. The second-order valence-electron chi connectivity index (χ2n) is 4.82. The van der Waals surface area contributed by atoms with Gasteiger partial charge in [-0.3, -0.25) is 4.79 Å². The maximum atomic E-state index is 11.0. The lowest BCUT2D eigenvalue weighted by Gasteiger charge is -2.23. The van der Waals surface area contributed by atoms with Crippen LogP contribution in [-0.4, -0.2) is 17.1 Å². The molecule has 2 aromatic rings. The number of ether oxygens (including phenoxy) is 1. The van der Waals surface area contributed by atoms with Crippen LogP contribution < -0.4 is 10.1 Å². The predicted octanol–water partition coefficient (Wildman–Crippen LogP) is 2.58. The van der Waals surface area contributed by atoms with Crippen molar-refractivity contribution >= 4 is 5.97 Å². The molecule has 0 saturated heterocycles. The lowest BCUT2D eigenvalue weighted by molar-refractivity contribution is -0.139. The summed E-state index contributed by atoms with van der Waals surface area (Å²) in [5, 5.41) is 12.1. The first-order chi connectivity index (χ1) is 9.72. The molecule has 1 atom stereocenters. The number of para-hydroxylation sites is 1. The van der Waals surface area contributed by atoms with E-state index < -0.39 is 12.0 Å². The van der Waals surface area contributed by atoms with Gasteiger partial charge in [-0.15, -0.1) is 0 Å². The molecule has 3 rings (SSSR count). The van der Waals surface area contributed by atoms with Crippen LogP contribution in [0.25, 0.3) is 0 Å². The first-order valence-corrected chi connectivity index (χ1v) is 6.53. The zero-order valence-corrected chi connectivity index (χ0v) is 10.9. The monoisotopic (exact) mass is 269 g/mol. The van der Waals surface area contributed by atoms with E-state index in [0.717, 1.165) is 22.6 Å². The van der Waals surface area contributed by atoms with Crippen LogP contribution in [0.2, 0.25) is 0 Å². The highest BCUT2D eigenvalue weighted by molar-refractivity contribution is 5.74. The fraction of sp³-hybridized carbons (Fsp3) is 0.188. The van der Waals surface area contributed by atoms with E-state index in [9.17, 15) is 4.79 Å². The number of carboxylic acid groups (broad SMARTS) is 1. The van der Waals surface area contributed by atoms with Crippen LogP contribution in [0.1, 0.15) is 11.1 Å². The summed E-state index contributed by atoms with van der Waals surface area (Å²) in [5.41, 5.74) is 2.16. The summed E-state index contributed by atoms with van der Waals surface area (Å²) in [4.78, 5) is 11.0. The number of hydrogen-bond donors (Lipinski definition) is 2. The average molecular weight is 269 g/mol. The third kappa shape index (κ3) is 2.65. The third-order valence-electron chi connectivity index (χ3n) is 3.42. The Morgan fingerprint density at radius 3 is 2.65 bits per heavy atom. The number of hydrogen-bond acceptors (Lipinski definition) is 3. The van der Waals surface area contributed by atoms with Crippen LogP contribution in [0, 0.1) is 0 Å².